The van der Waals surface area contributed by atoms with Crippen LogP contribution in [0.2, 0.25) is 5.02 Å². The zero-order chi connectivity index (χ0) is 10.1. The molecule has 0 aliphatic heterocycles. The van der Waals surface area contributed by atoms with Crippen molar-refractivity contribution in [2.45, 2.75) is 0 Å². The van der Waals surface area contributed by atoms with Crippen LogP contribution >= 0.6 is 34.2 Å². The van der Waals surface area contributed by atoms with Crippen molar-refractivity contribution in [3.63, 3.8) is 0 Å². The molecule has 2 rings (SSSR count). The Morgan fingerprint density at radius 1 is 1.43 bits per heavy atom. The SMILES string of the molecule is Fc1ccc(-n2cc(I)cn2)c(Cl)c1. The number of rotatable bonds is 1. The molecule has 0 fully saturated rings. The highest BCUT2D eigenvalue weighted by atomic mass is 127. The molecule has 0 spiro atoms. The second-order valence-electron chi connectivity index (χ2n) is 2.70. The minimum Gasteiger partial charge on any atom is -0.238 e. The Morgan fingerprint density at radius 2 is 2.21 bits per heavy atom. The molecular weight excluding hydrogens is 317 g/mol. The molecule has 0 unspecified atom stereocenters. The first-order valence-corrected chi connectivity index (χ1v) is 5.28. The van der Waals surface area contributed by atoms with E-state index in [-0.39, 0.29) is 5.82 Å². The summed E-state index contributed by atoms with van der Waals surface area (Å²) in [6.07, 6.45) is 3.53. The molecule has 1 heterocycles. The molecule has 0 aliphatic carbocycles. The van der Waals surface area contributed by atoms with Gasteiger partial charge in [0.25, 0.3) is 0 Å². The maximum atomic E-state index is 12.8. The lowest BCUT2D eigenvalue weighted by molar-refractivity contribution is 0.627. The molecule has 0 N–H and O–H groups in total. The van der Waals surface area contributed by atoms with Crippen LogP contribution in [0.1, 0.15) is 0 Å². The number of hydrogen-bond acceptors (Lipinski definition) is 1. The largest absolute Gasteiger partial charge is 0.238 e. The van der Waals surface area contributed by atoms with Crippen LogP contribution in [0, 0.1) is 9.39 Å². The minimum absolute atomic E-state index is 0.347. The minimum atomic E-state index is -0.347. The average molecular weight is 323 g/mol. The fourth-order valence-corrected chi connectivity index (χ4v) is 1.74. The van der Waals surface area contributed by atoms with Gasteiger partial charge in [0.15, 0.2) is 0 Å². The smallest absolute Gasteiger partial charge is 0.124 e. The van der Waals surface area contributed by atoms with Gasteiger partial charge in [0.05, 0.1) is 20.5 Å². The first kappa shape index (κ1) is 9.92. The van der Waals surface area contributed by atoms with Crippen LogP contribution in [0.25, 0.3) is 5.69 Å². The number of hydrogen-bond donors (Lipinski definition) is 0. The monoisotopic (exact) mass is 322 g/mol. The van der Waals surface area contributed by atoms with Crippen LogP contribution in [0.5, 0.6) is 0 Å². The van der Waals surface area contributed by atoms with Crippen LogP contribution in [0.3, 0.4) is 0 Å². The third-order valence-corrected chi connectivity index (χ3v) is 2.57. The van der Waals surface area contributed by atoms with Gasteiger partial charge >= 0.3 is 0 Å². The van der Waals surface area contributed by atoms with Crippen molar-refractivity contribution in [1.82, 2.24) is 9.78 Å². The van der Waals surface area contributed by atoms with Gasteiger partial charge in [-0.2, -0.15) is 5.10 Å². The lowest BCUT2D eigenvalue weighted by Crippen LogP contribution is -1.95. The van der Waals surface area contributed by atoms with Crippen LogP contribution in [-0.4, -0.2) is 9.78 Å². The summed E-state index contributed by atoms with van der Waals surface area (Å²) < 4.78 is 15.4. The molecule has 0 aliphatic rings. The van der Waals surface area contributed by atoms with E-state index in [0.717, 1.165) is 3.57 Å². The Balaban J connectivity index is 2.52. The van der Waals surface area contributed by atoms with Gasteiger partial charge < -0.3 is 0 Å². The normalized spacial score (nSPS) is 10.5. The topological polar surface area (TPSA) is 17.8 Å². The summed E-state index contributed by atoms with van der Waals surface area (Å²) in [6, 6.07) is 4.22. The quantitative estimate of drug-likeness (QED) is 0.737. The van der Waals surface area contributed by atoms with E-state index in [1.807, 2.05) is 6.20 Å². The predicted molar refractivity (Wildman–Crippen MR) is 61.2 cm³/mol. The van der Waals surface area contributed by atoms with Gasteiger partial charge in [-0.25, -0.2) is 9.07 Å². The first-order valence-electron chi connectivity index (χ1n) is 3.82. The standard InChI is InChI=1S/C9H5ClFIN2/c10-8-3-6(11)1-2-9(8)14-5-7(12)4-13-14/h1-5H. The van der Waals surface area contributed by atoms with Crippen LogP contribution in [-0.2, 0) is 0 Å². The number of aromatic nitrogens is 2. The zero-order valence-electron chi connectivity index (χ0n) is 6.92. The van der Waals surface area contributed by atoms with Gasteiger partial charge in [0, 0.05) is 6.20 Å². The van der Waals surface area contributed by atoms with E-state index < -0.39 is 0 Å². The average Bonchev–Trinajstić information content (AvgIpc) is 2.51. The van der Waals surface area contributed by atoms with E-state index in [0.29, 0.717) is 10.7 Å². The van der Waals surface area contributed by atoms with E-state index >= 15 is 0 Å². The summed E-state index contributed by atoms with van der Waals surface area (Å²) in [5.41, 5.74) is 0.677. The van der Waals surface area contributed by atoms with Gasteiger partial charge in [-0.05, 0) is 40.8 Å². The van der Waals surface area contributed by atoms with Crippen molar-refractivity contribution < 1.29 is 4.39 Å². The van der Waals surface area contributed by atoms with Gasteiger partial charge in [0.2, 0.25) is 0 Å². The molecule has 0 saturated carbocycles. The molecule has 5 heteroatoms. The van der Waals surface area contributed by atoms with E-state index in [9.17, 15) is 4.39 Å². The molecule has 0 saturated heterocycles. The third-order valence-electron chi connectivity index (χ3n) is 1.71. The fraction of sp³-hybridized carbons (Fsp3) is 0. The summed E-state index contributed by atoms with van der Waals surface area (Å²) >= 11 is 8.02. The summed E-state index contributed by atoms with van der Waals surface area (Å²) in [5, 5.41) is 4.43. The number of halogens is 3. The Hall–Kier alpha value is -0.620. The van der Waals surface area contributed by atoms with Gasteiger partial charge in [-0.3, -0.25) is 0 Å². The first-order chi connectivity index (χ1) is 6.66. The van der Waals surface area contributed by atoms with Crippen molar-refractivity contribution in [3.05, 3.63) is 45.0 Å². The van der Waals surface area contributed by atoms with Gasteiger partial charge in [-0.15, -0.1) is 0 Å². The Kier molecular flexibility index (Phi) is 2.73. The highest BCUT2D eigenvalue weighted by Gasteiger charge is 2.04. The highest BCUT2D eigenvalue weighted by Crippen LogP contribution is 2.21. The van der Waals surface area contributed by atoms with Crippen molar-refractivity contribution in [2.24, 2.45) is 0 Å². The van der Waals surface area contributed by atoms with E-state index in [4.69, 9.17) is 11.6 Å². The molecule has 0 amide bonds. The molecule has 0 bridgehead atoms. The summed E-state index contributed by atoms with van der Waals surface area (Å²) in [5.74, 6) is -0.347. The Labute approximate surface area is 98.8 Å². The number of benzene rings is 1. The lowest BCUT2D eigenvalue weighted by Gasteiger charge is -2.03. The van der Waals surface area contributed by atoms with E-state index in [2.05, 4.69) is 27.7 Å². The highest BCUT2D eigenvalue weighted by molar-refractivity contribution is 14.1. The van der Waals surface area contributed by atoms with Crippen molar-refractivity contribution in [2.75, 3.05) is 0 Å². The molecule has 14 heavy (non-hydrogen) atoms. The maximum absolute atomic E-state index is 12.8. The summed E-state index contributed by atoms with van der Waals surface area (Å²) in [6.45, 7) is 0. The summed E-state index contributed by atoms with van der Waals surface area (Å²) in [4.78, 5) is 0. The molecule has 2 aromatic rings. The second kappa shape index (κ2) is 3.86. The maximum Gasteiger partial charge on any atom is 0.124 e. The van der Waals surface area contributed by atoms with Gasteiger partial charge in [-0.1, -0.05) is 11.6 Å². The Morgan fingerprint density at radius 3 is 2.79 bits per heavy atom. The zero-order valence-corrected chi connectivity index (χ0v) is 9.83. The molecular formula is C9H5ClFIN2. The molecule has 2 nitrogen and oxygen atoms in total. The molecule has 1 aromatic heterocycles. The van der Waals surface area contributed by atoms with Crippen LogP contribution in [0.15, 0.2) is 30.6 Å². The predicted octanol–water partition coefficient (Wildman–Crippen LogP) is 3.27. The van der Waals surface area contributed by atoms with E-state index in [1.54, 1.807) is 16.9 Å². The molecule has 0 atom stereocenters. The second-order valence-corrected chi connectivity index (χ2v) is 4.35. The van der Waals surface area contributed by atoms with Crippen molar-refractivity contribution in [1.29, 1.82) is 0 Å². The number of nitrogens with zero attached hydrogens (tertiary/aromatic N) is 2. The van der Waals surface area contributed by atoms with Crippen LogP contribution in [0.4, 0.5) is 4.39 Å². The fourth-order valence-electron chi connectivity index (χ4n) is 1.10. The van der Waals surface area contributed by atoms with E-state index in [1.165, 1.54) is 12.1 Å². The molecule has 0 radical (unpaired) electrons. The van der Waals surface area contributed by atoms with Gasteiger partial charge in [0.1, 0.15) is 5.82 Å². The van der Waals surface area contributed by atoms with Crippen molar-refractivity contribution in [3.8, 4) is 5.69 Å². The Bertz CT molecular complexity index is 470. The molecule has 1 aromatic carbocycles. The lowest BCUT2D eigenvalue weighted by atomic mass is 10.3. The van der Waals surface area contributed by atoms with Crippen LogP contribution < -0.4 is 0 Å². The molecule has 72 valence electrons. The van der Waals surface area contributed by atoms with Crippen molar-refractivity contribution >= 4 is 34.2 Å². The summed E-state index contributed by atoms with van der Waals surface area (Å²) in [7, 11) is 0. The third kappa shape index (κ3) is 1.90.